The van der Waals surface area contributed by atoms with Gasteiger partial charge in [0.05, 0.1) is 12.8 Å². The van der Waals surface area contributed by atoms with Gasteiger partial charge in [0, 0.05) is 0 Å². The Bertz CT molecular complexity index is 378. The molecule has 0 aromatic carbocycles. The van der Waals surface area contributed by atoms with Gasteiger partial charge in [-0.2, -0.15) is 0 Å². The molecule has 0 fully saturated rings. The number of hydrogen-bond acceptors (Lipinski definition) is 7. The summed E-state index contributed by atoms with van der Waals surface area (Å²) in [7, 11) is 0. The molecule has 0 rings (SSSR count). The Morgan fingerprint density at radius 3 is 1.95 bits per heavy atom. The number of aliphatic hydroxyl groups excluding tert-OH is 1. The zero-order valence-corrected chi connectivity index (χ0v) is 9.32. The summed E-state index contributed by atoms with van der Waals surface area (Å²) in [4.78, 5) is 42.9. The van der Waals surface area contributed by atoms with Gasteiger partial charge in [-0.1, -0.05) is 0 Å². The number of hydrogen-bond donors (Lipinski definition) is 4. The van der Waals surface area contributed by atoms with E-state index in [9.17, 15) is 24.3 Å². The van der Waals surface area contributed by atoms with Crippen LogP contribution in [-0.2, 0) is 23.9 Å². The zero-order chi connectivity index (χ0) is 14.5. The molecule has 0 spiro atoms. The van der Waals surface area contributed by atoms with Crippen LogP contribution in [0.5, 0.6) is 0 Å². The molecule has 0 amide bonds. The van der Waals surface area contributed by atoms with Crippen molar-refractivity contribution in [1.29, 1.82) is 0 Å². The summed E-state index contributed by atoms with van der Waals surface area (Å²) in [6.07, 6.45) is -4.07. The van der Waals surface area contributed by atoms with Crippen molar-refractivity contribution in [3.8, 4) is 0 Å². The Labute approximate surface area is 150 Å². The maximum absolute atomic E-state index is 11.1. The summed E-state index contributed by atoms with van der Waals surface area (Å²) in [5, 5.41) is 35.2. The van der Waals surface area contributed by atoms with Crippen molar-refractivity contribution in [2.75, 3.05) is 0 Å². The van der Waals surface area contributed by atoms with E-state index in [4.69, 9.17) is 15.3 Å². The third-order valence-electron chi connectivity index (χ3n) is 1.83. The number of carboxylic acids is 2. The van der Waals surface area contributed by atoms with Crippen molar-refractivity contribution in [1.82, 2.24) is 0 Å². The van der Waals surface area contributed by atoms with Gasteiger partial charge in [-0.25, -0.2) is 9.59 Å². The molecule has 0 radical (unpaired) electrons. The van der Waals surface area contributed by atoms with Gasteiger partial charge in [0.1, 0.15) is 6.10 Å². The van der Waals surface area contributed by atoms with Gasteiger partial charge in [-0.05, 0) is 6.92 Å². The van der Waals surface area contributed by atoms with Crippen LogP contribution in [0.3, 0.4) is 0 Å². The van der Waals surface area contributed by atoms with Gasteiger partial charge in [0.15, 0.2) is 5.60 Å². The van der Waals surface area contributed by atoms with Gasteiger partial charge in [0.25, 0.3) is 0 Å². The quantitative estimate of drug-likeness (QED) is 0.236. The molecule has 0 aliphatic rings. The fourth-order valence-corrected chi connectivity index (χ4v) is 0.936. The Kier molecular flexibility index (Phi) is 9.63. The van der Waals surface area contributed by atoms with Gasteiger partial charge < -0.3 is 25.2 Å². The van der Waals surface area contributed by atoms with E-state index in [2.05, 4.69) is 4.74 Å². The molecule has 0 aliphatic carbocycles. The molecule has 0 aromatic rings. The molecule has 0 saturated carbocycles. The van der Waals surface area contributed by atoms with Crippen LogP contribution in [0, 0.1) is 0 Å². The second-order valence-electron chi connectivity index (χ2n) is 3.55. The molecular formula is C9H13KO9. The Morgan fingerprint density at radius 1 is 1.16 bits per heavy atom. The number of rotatable bonds is 6. The number of aliphatic hydroxyl groups is 2. The van der Waals surface area contributed by atoms with Crippen molar-refractivity contribution in [3.63, 3.8) is 0 Å². The summed E-state index contributed by atoms with van der Waals surface area (Å²) >= 11 is 0. The van der Waals surface area contributed by atoms with Crippen LogP contribution in [0.2, 0.25) is 0 Å². The molecule has 104 valence electrons. The third-order valence-corrected chi connectivity index (χ3v) is 1.83. The molecule has 0 aliphatic heterocycles. The second-order valence-corrected chi connectivity index (χ2v) is 3.55. The monoisotopic (exact) mass is 304 g/mol. The normalized spacial score (nSPS) is 14.5. The first-order valence-corrected chi connectivity index (χ1v) is 4.68. The predicted molar refractivity (Wildman–Crippen MR) is 59.4 cm³/mol. The minimum atomic E-state index is -2.87. The summed E-state index contributed by atoms with van der Waals surface area (Å²) in [6.45, 7) is 1.01. The summed E-state index contributed by atoms with van der Waals surface area (Å²) in [6, 6.07) is 0. The van der Waals surface area contributed by atoms with Crippen LogP contribution >= 0.6 is 0 Å². The van der Waals surface area contributed by atoms with Crippen molar-refractivity contribution in [2.45, 2.75) is 31.5 Å². The van der Waals surface area contributed by atoms with Crippen LogP contribution in [0.4, 0.5) is 0 Å². The van der Waals surface area contributed by atoms with Crippen molar-refractivity contribution in [2.24, 2.45) is 0 Å². The van der Waals surface area contributed by atoms with Gasteiger partial charge >= 0.3 is 75.3 Å². The van der Waals surface area contributed by atoms with E-state index >= 15 is 0 Å². The standard InChI is InChI=1S/C9H12O9.K.H/c1-4(10)7(14)18-6(13)3-9(17,8(15)16)2-5(11)12;;/h4,10,17H,2-3H2,1H3,(H,11,12)(H,15,16);;. The molecule has 0 heterocycles. The molecule has 2 unspecified atom stereocenters. The first-order valence-electron chi connectivity index (χ1n) is 4.68. The summed E-state index contributed by atoms with van der Waals surface area (Å²) in [5.74, 6) is -6.36. The Morgan fingerprint density at radius 2 is 1.63 bits per heavy atom. The second kappa shape index (κ2) is 8.74. The molecule has 2 atom stereocenters. The average molecular weight is 304 g/mol. The molecular weight excluding hydrogens is 291 g/mol. The van der Waals surface area contributed by atoms with Gasteiger partial charge in [-0.15, -0.1) is 0 Å². The summed E-state index contributed by atoms with van der Waals surface area (Å²) < 4.78 is 4.00. The zero-order valence-electron chi connectivity index (χ0n) is 9.32. The molecule has 0 bridgehead atoms. The van der Waals surface area contributed by atoms with E-state index in [1.54, 1.807) is 0 Å². The van der Waals surface area contributed by atoms with Crippen LogP contribution < -0.4 is 0 Å². The van der Waals surface area contributed by atoms with Crippen molar-refractivity contribution >= 4 is 75.3 Å². The molecule has 0 aromatic heterocycles. The number of carboxylic acid groups (broad SMARTS) is 2. The molecule has 0 saturated heterocycles. The predicted octanol–water partition coefficient (Wildman–Crippen LogP) is -2.53. The number of ether oxygens (including phenoxy) is 1. The SMILES string of the molecule is CC(O)C(=O)OC(=O)CC(O)(CC(=O)O)C(=O)O.[KH]. The Hall–Kier alpha value is -0.364. The van der Waals surface area contributed by atoms with E-state index in [1.807, 2.05) is 0 Å². The molecule has 19 heavy (non-hydrogen) atoms. The van der Waals surface area contributed by atoms with E-state index in [1.165, 1.54) is 0 Å². The molecule has 9 nitrogen and oxygen atoms in total. The first-order chi connectivity index (χ1) is 8.08. The molecule has 10 heteroatoms. The van der Waals surface area contributed by atoms with Crippen LogP contribution in [0.1, 0.15) is 19.8 Å². The first kappa shape index (κ1) is 20.9. The third kappa shape index (κ3) is 7.72. The number of aliphatic carboxylic acids is 2. The topological polar surface area (TPSA) is 158 Å². The fraction of sp³-hybridized carbons (Fsp3) is 0.556. The number of carbonyl (C=O) groups excluding carboxylic acids is 2. The van der Waals surface area contributed by atoms with Crippen LogP contribution in [0.25, 0.3) is 0 Å². The fourth-order valence-electron chi connectivity index (χ4n) is 0.936. The van der Waals surface area contributed by atoms with E-state index < -0.39 is 48.4 Å². The van der Waals surface area contributed by atoms with Crippen LogP contribution in [-0.4, -0.2) is 107 Å². The van der Waals surface area contributed by atoms with Crippen LogP contribution in [0.15, 0.2) is 0 Å². The van der Waals surface area contributed by atoms with Crippen molar-refractivity contribution < 1.29 is 44.3 Å². The van der Waals surface area contributed by atoms with E-state index in [-0.39, 0.29) is 51.4 Å². The number of carbonyl (C=O) groups is 4. The number of esters is 2. The Balaban J connectivity index is 0. The minimum absolute atomic E-state index is 0. The summed E-state index contributed by atoms with van der Waals surface area (Å²) in [5.41, 5.74) is -2.87. The van der Waals surface area contributed by atoms with Crippen molar-refractivity contribution in [3.05, 3.63) is 0 Å². The average Bonchev–Trinajstić information content (AvgIpc) is 2.14. The van der Waals surface area contributed by atoms with Gasteiger partial charge in [-0.3, -0.25) is 9.59 Å². The van der Waals surface area contributed by atoms with E-state index in [0.29, 0.717) is 0 Å². The van der Waals surface area contributed by atoms with Gasteiger partial charge in [0.2, 0.25) is 0 Å². The molecule has 4 N–H and O–H groups in total. The van der Waals surface area contributed by atoms with E-state index in [0.717, 1.165) is 6.92 Å². The maximum atomic E-state index is 11.1.